The van der Waals surface area contributed by atoms with Crippen LogP contribution in [0.2, 0.25) is 0 Å². The van der Waals surface area contributed by atoms with Crippen LogP contribution in [0.25, 0.3) is 0 Å². The summed E-state index contributed by atoms with van der Waals surface area (Å²) in [7, 11) is 0. The zero-order valence-corrected chi connectivity index (χ0v) is 13.2. The van der Waals surface area contributed by atoms with Crippen LogP contribution in [-0.2, 0) is 0 Å². The molecule has 0 radical (unpaired) electrons. The van der Waals surface area contributed by atoms with E-state index in [9.17, 15) is 4.79 Å². The maximum Gasteiger partial charge on any atom is 0.319 e. The number of carbonyl (C=O) groups excluding carboxylic acids is 1. The molecule has 4 nitrogen and oxygen atoms in total. The number of urea groups is 1. The molecule has 1 aromatic rings. The molecule has 19 heavy (non-hydrogen) atoms. The van der Waals surface area contributed by atoms with Gasteiger partial charge in [-0.15, -0.1) is 0 Å². The monoisotopic (exact) mass is 328 g/mol. The number of halogens is 1. The number of rotatable bonds is 5. The molecule has 5 heteroatoms. The number of aliphatic hydroxyl groups is 1. The van der Waals surface area contributed by atoms with Gasteiger partial charge in [0.1, 0.15) is 0 Å². The Kier molecular flexibility index (Phi) is 5.82. The Morgan fingerprint density at radius 3 is 2.68 bits per heavy atom. The summed E-state index contributed by atoms with van der Waals surface area (Å²) >= 11 is 3.39. The van der Waals surface area contributed by atoms with Gasteiger partial charge in [0.05, 0.1) is 0 Å². The van der Waals surface area contributed by atoms with Crippen molar-refractivity contribution in [3.63, 3.8) is 0 Å². The van der Waals surface area contributed by atoms with Crippen molar-refractivity contribution < 1.29 is 9.90 Å². The molecule has 1 unspecified atom stereocenters. The van der Waals surface area contributed by atoms with Crippen LogP contribution in [0, 0.1) is 6.92 Å². The Morgan fingerprint density at radius 1 is 1.47 bits per heavy atom. The summed E-state index contributed by atoms with van der Waals surface area (Å²) in [6.45, 7) is 5.91. The first-order valence-electron chi connectivity index (χ1n) is 6.36. The van der Waals surface area contributed by atoms with E-state index >= 15 is 0 Å². The molecule has 0 heterocycles. The van der Waals surface area contributed by atoms with Crippen LogP contribution in [-0.4, -0.2) is 23.3 Å². The van der Waals surface area contributed by atoms with Gasteiger partial charge in [-0.25, -0.2) is 4.79 Å². The SMILES string of the molecule is CCC(C)(CCO)NC(=O)Nc1ccc(Br)cc1C. The van der Waals surface area contributed by atoms with Gasteiger partial charge in [0.25, 0.3) is 0 Å². The smallest absolute Gasteiger partial charge is 0.319 e. The van der Waals surface area contributed by atoms with E-state index < -0.39 is 0 Å². The van der Waals surface area contributed by atoms with Crippen LogP contribution >= 0.6 is 15.9 Å². The molecule has 0 aliphatic rings. The molecule has 2 amide bonds. The van der Waals surface area contributed by atoms with Crippen LogP contribution in [0.15, 0.2) is 22.7 Å². The largest absolute Gasteiger partial charge is 0.396 e. The molecule has 1 rings (SSSR count). The van der Waals surface area contributed by atoms with Crippen molar-refractivity contribution in [3.8, 4) is 0 Å². The van der Waals surface area contributed by atoms with E-state index in [4.69, 9.17) is 5.11 Å². The summed E-state index contributed by atoms with van der Waals surface area (Å²) in [5.41, 5.74) is 1.38. The fourth-order valence-electron chi connectivity index (χ4n) is 1.77. The van der Waals surface area contributed by atoms with Crippen LogP contribution in [0.3, 0.4) is 0 Å². The first-order chi connectivity index (χ1) is 8.90. The van der Waals surface area contributed by atoms with Gasteiger partial charge in [-0.05, 0) is 50.5 Å². The number of anilines is 1. The highest BCUT2D eigenvalue weighted by Gasteiger charge is 2.23. The maximum atomic E-state index is 12.0. The first kappa shape index (κ1) is 16.0. The van der Waals surface area contributed by atoms with Crippen molar-refractivity contribution in [2.24, 2.45) is 0 Å². The summed E-state index contributed by atoms with van der Waals surface area (Å²) in [5, 5.41) is 14.8. The zero-order chi connectivity index (χ0) is 14.5. The van der Waals surface area contributed by atoms with E-state index in [1.165, 1.54) is 0 Å². The van der Waals surface area contributed by atoms with Gasteiger partial charge in [-0.3, -0.25) is 0 Å². The van der Waals surface area contributed by atoms with E-state index in [0.29, 0.717) is 6.42 Å². The van der Waals surface area contributed by atoms with Gasteiger partial charge >= 0.3 is 6.03 Å². The van der Waals surface area contributed by atoms with Gasteiger partial charge in [-0.1, -0.05) is 22.9 Å². The highest BCUT2D eigenvalue weighted by molar-refractivity contribution is 9.10. The highest BCUT2D eigenvalue weighted by atomic mass is 79.9. The first-order valence-corrected chi connectivity index (χ1v) is 7.15. The molecule has 0 aliphatic heterocycles. The molecule has 0 spiro atoms. The normalized spacial score (nSPS) is 13.7. The van der Waals surface area contributed by atoms with Crippen molar-refractivity contribution in [2.45, 2.75) is 39.2 Å². The fourth-order valence-corrected chi connectivity index (χ4v) is 2.24. The molecule has 1 atom stereocenters. The molecule has 3 N–H and O–H groups in total. The van der Waals surface area contributed by atoms with Crippen molar-refractivity contribution in [3.05, 3.63) is 28.2 Å². The minimum absolute atomic E-state index is 0.0575. The number of carbonyl (C=O) groups is 1. The summed E-state index contributed by atoms with van der Waals surface area (Å²) in [5.74, 6) is 0. The minimum atomic E-state index is -0.387. The molecular formula is C14H21BrN2O2. The molecule has 0 aromatic heterocycles. The molecule has 0 saturated carbocycles. The lowest BCUT2D eigenvalue weighted by Gasteiger charge is -2.29. The van der Waals surface area contributed by atoms with Gasteiger partial charge in [0.15, 0.2) is 0 Å². The zero-order valence-electron chi connectivity index (χ0n) is 11.6. The quantitative estimate of drug-likeness (QED) is 0.775. The Morgan fingerprint density at radius 2 is 2.16 bits per heavy atom. The Hall–Kier alpha value is -1.07. The van der Waals surface area contributed by atoms with Crippen LogP contribution in [0.1, 0.15) is 32.3 Å². The van der Waals surface area contributed by atoms with Gasteiger partial charge in [0, 0.05) is 22.3 Å². The lowest BCUT2D eigenvalue weighted by molar-refractivity contribution is 0.208. The predicted molar refractivity (Wildman–Crippen MR) is 81.4 cm³/mol. The third-order valence-corrected chi connectivity index (χ3v) is 3.79. The number of amides is 2. The van der Waals surface area contributed by atoms with Crippen LogP contribution < -0.4 is 10.6 Å². The second kappa shape index (κ2) is 6.91. The average molecular weight is 329 g/mol. The van der Waals surface area contributed by atoms with E-state index in [-0.39, 0.29) is 18.2 Å². The van der Waals surface area contributed by atoms with E-state index in [2.05, 4.69) is 26.6 Å². The molecule has 0 bridgehead atoms. The molecular weight excluding hydrogens is 308 g/mol. The van der Waals surface area contributed by atoms with E-state index in [1.54, 1.807) is 0 Å². The van der Waals surface area contributed by atoms with Crippen molar-refractivity contribution in [1.82, 2.24) is 5.32 Å². The number of nitrogens with one attached hydrogen (secondary N) is 2. The fraction of sp³-hybridized carbons (Fsp3) is 0.500. The van der Waals surface area contributed by atoms with Crippen LogP contribution in [0.5, 0.6) is 0 Å². The second-order valence-corrected chi connectivity index (χ2v) is 5.84. The Balaban J connectivity index is 2.69. The summed E-state index contributed by atoms with van der Waals surface area (Å²) < 4.78 is 0.981. The molecule has 0 aliphatic carbocycles. The third-order valence-electron chi connectivity index (χ3n) is 3.30. The predicted octanol–water partition coefficient (Wildman–Crippen LogP) is 3.43. The lowest BCUT2D eigenvalue weighted by Crippen LogP contribution is -2.48. The number of hydrogen-bond acceptors (Lipinski definition) is 2. The number of benzene rings is 1. The summed E-state index contributed by atoms with van der Waals surface area (Å²) in [6, 6.07) is 5.44. The molecule has 0 saturated heterocycles. The van der Waals surface area contributed by atoms with Gasteiger partial charge < -0.3 is 15.7 Å². The van der Waals surface area contributed by atoms with Crippen molar-refractivity contribution in [1.29, 1.82) is 0 Å². The van der Waals surface area contributed by atoms with E-state index in [0.717, 1.165) is 22.1 Å². The number of aliphatic hydroxyl groups excluding tert-OH is 1. The van der Waals surface area contributed by atoms with Crippen LogP contribution in [0.4, 0.5) is 10.5 Å². The van der Waals surface area contributed by atoms with E-state index in [1.807, 2.05) is 39.0 Å². The molecule has 106 valence electrons. The number of aryl methyl sites for hydroxylation is 1. The summed E-state index contributed by atoms with van der Waals surface area (Å²) in [6.07, 6.45) is 1.30. The minimum Gasteiger partial charge on any atom is -0.396 e. The molecule has 0 fully saturated rings. The lowest BCUT2D eigenvalue weighted by atomic mass is 9.95. The highest BCUT2D eigenvalue weighted by Crippen LogP contribution is 2.20. The van der Waals surface area contributed by atoms with Gasteiger partial charge in [-0.2, -0.15) is 0 Å². The Bertz CT molecular complexity index is 451. The van der Waals surface area contributed by atoms with Gasteiger partial charge in [0.2, 0.25) is 0 Å². The standard InChI is InChI=1S/C14H21BrN2O2/c1-4-14(3,7-8-18)17-13(19)16-12-6-5-11(15)9-10(12)2/h5-6,9,18H,4,7-8H2,1-3H3,(H2,16,17,19). The maximum absolute atomic E-state index is 12.0. The number of hydrogen-bond donors (Lipinski definition) is 3. The second-order valence-electron chi connectivity index (χ2n) is 4.93. The molecule has 1 aromatic carbocycles. The summed E-state index contributed by atoms with van der Waals surface area (Å²) in [4.78, 5) is 12.0. The Labute approximate surface area is 122 Å². The topological polar surface area (TPSA) is 61.4 Å². The van der Waals surface area contributed by atoms with Crippen molar-refractivity contribution >= 4 is 27.6 Å². The average Bonchev–Trinajstić information content (AvgIpc) is 2.33. The third kappa shape index (κ3) is 4.84. The van der Waals surface area contributed by atoms with Crippen molar-refractivity contribution in [2.75, 3.05) is 11.9 Å².